The van der Waals surface area contributed by atoms with Crippen LogP contribution in [0.5, 0.6) is 0 Å². The van der Waals surface area contributed by atoms with E-state index in [9.17, 15) is 4.79 Å². The van der Waals surface area contributed by atoms with Gasteiger partial charge in [-0.1, -0.05) is 12.8 Å². The Kier molecular flexibility index (Phi) is 6.24. The van der Waals surface area contributed by atoms with Gasteiger partial charge < -0.3 is 10.6 Å². The number of fused-ring (bicyclic) bond motifs is 1. The van der Waals surface area contributed by atoms with Crippen molar-refractivity contribution in [3.63, 3.8) is 0 Å². The fourth-order valence-electron chi connectivity index (χ4n) is 3.38. The molecular formula is C14H21Cl2N3O. The number of halogens is 2. The van der Waals surface area contributed by atoms with E-state index in [-0.39, 0.29) is 36.1 Å². The summed E-state index contributed by atoms with van der Waals surface area (Å²) in [7, 11) is 0. The second-order valence-electron chi connectivity index (χ2n) is 5.43. The molecule has 20 heavy (non-hydrogen) atoms. The zero-order valence-corrected chi connectivity index (χ0v) is 12.9. The van der Waals surface area contributed by atoms with E-state index in [2.05, 4.69) is 15.6 Å². The molecule has 2 atom stereocenters. The van der Waals surface area contributed by atoms with E-state index >= 15 is 0 Å². The highest BCUT2D eigenvalue weighted by Crippen LogP contribution is 2.44. The molecule has 1 aromatic heterocycles. The highest BCUT2D eigenvalue weighted by molar-refractivity contribution is 5.96. The highest BCUT2D eigenvalue weighted by Gasteiger charge is 2.49. The van der Waals surface area contributed by atoms with Crippen molar-refractivity contribution in [2.45, 2.75) is 25.7 Å². The van der Waals surface area contributed by atoms with Crippen molar-refractivity contribution in [3.8, 4) is 0 Å². The summed E-state index contributed by atoms with van der Waals surface area (Å²) in [4.78, 5) is 16.6. The second kappa shape index (κ2) is 7.25. The number of nitrogens with zero attached hydrogens (tertiary/aromatic N) is 1. The van der Waals surface area contributed by atoms with Crippen LogP contribution >= 0.6 is 24.8 Å². The summed E-state index contributed by atoms with van der Waals surface area (Å²) in [5.74, 6) is 0.674. The molecule has 2 heterocycles. The third kappa shape index (κ3) is 3.08. The summed E-state index contributed by atoms with van der Waals surface area (Å²) in [6.45, 7) is 1.81. The van der Waals surface area contributed by atoms with E-state index in [1.54, 1.807) is 12.4 Å². The van der Waals surface area contributed by atoms with Crippen LogP contribution in [0.1, 0.15) is 25.7 Å². The van der Waals surface area contributed by atoms with Gasteiger partial charge in [-0.05, 0) is 37.4 Å². The maximum absolute atomic E-state index is 12.6. The monoisotopic (exact) mass is 317 g/mol. The Bertz CT molecular complexity index is 443. The molecule has 0 bridgehead atoms. The van der Waals surface area contributed by atoms with Gasteiger partial charge in [-0.2, -0.15) is 0 Å². The number of anilines is 1. The molecule has 2 N–H and O–H groups in total. The smallest absolute Gasteiger partial charge is 0.232 e. The predicted octanol–water partition coefficient (Wildman–Crippen LogP) is 2.64. The van der Waals surface area contributed by atoms with Crippen molar-refractivity contribution in [1.82, 2.24) is 10.3 Å². The lowest BCUT2D eigenvalue weighted by Crippen LogP contribution is -2.44. The predicted molar refractivity (Wildman–Crippen MR) is 84.6 cm³/mol. The quantitative estimate of drug-likeness (QED) is 0.881. The van der Waals surface area contributed by atoms with Crippen LogP contribution in [-0.4, -0.2) is 24.0 Å². The molecule has 2 aliphatic rings. The number of carbonyl (C=O) groups excluding carboxylic acids is 1. The van der Waals surface area contributed by atoms with Crippen LogP contribution in [0.2, 0.25) is 0 Å². The number of pyridine rings is 1. The van der Waals surface area contributed by atoms with Crippen molar-refractivity contribution >= 4 is 36.4 Å². The largest absolute Gasteiger partial charge is 0.324 e. The van der Waals surface area contributed by atoms with Crippen LogP contribution < -0.4 is 10.6 Å². The fourth-order valence-corrected chi connectivity index (χ4v) is 3.38. The summed E-state index contributed by atoms with van der Waals surface area (Å²) in [5, 5.41) is 6.43. The molecule has 0 spiro atoms. The van der Waals surface area contributed by atoms with Gasteiger partial charge in [0, 0.05) is 12.7 Å². The lowest BCUT2D eigenvalue weighted by molar-refractivity contribution is -0.128. The summed E-state index contributed by atoms with van der Waals surface area (Å²) in [5.41, 5.74) is 0.613. The van der Waals surface area contributed by atoms with E-state index in [4.69, 9.17) is 0 Å². The van der Waals surface area contributed by atoms with Gasteiger partial charge in [-0.15, -0.1) is 24.8 Å². The minimum Gasteiger partial charge on any atom is -0.324 e. The summed E-state index contributed by atoms with van der Waals surface area (Å²) in [6.07, 6.45) is 8.03. The number of amides is 1. The zero-order chi connectivity index (χ0) is 12.4. The van der Waals surface area contributed by atoms with Crippen LogP contribution in [0.3, 0.4) is 0 Å². The Morgan fingerprint density at radius 2 is 2.25 bits per heavy atom. The van der Waals surface area contributed by atoms with Gasteiger partial charge in [0.05, 0.1) is 17.3 Å². The first-order valence-corrected chi connectivity index (χ1v) is 6.73. The Hall–Kier alpha value is -0.840. The molecule has 1 aromatic rings. The van der Waals surface area contributed by atoms with Crippen molar-refractivity contribution in [2.24, 2.45) is 11.3 Å². The van der Waals surface area contributed by atoms with Crippen LogP contribution in [0, 0.1) is 11.3 Å². The number of hydrogen-bond acceptors (Lipinski definition) is 3. The molecular weight excluding hydrogens is 297 g/mol. The summed E-state index contributed by atoms with van der Waals surface area (Å²) >= 11 is 0. The van der Waals surface area contributed by atoms with E-state index in [1.807, 2.05) is 12.1 Å². The third-order valence-electron chi connectivity index (χ3n) is 4.41. The minimum atomic E-state index is -0.186. The van der Waals surface area contributed by atoms with Crippen molar-refractivity contribution in [2.75, 3.05) is 18.4 Å². The standard InChI is InChI=1S/C14H19N3O.2ClH/c18-13(17-12-5-3-7-15-9-12)14-6-2-1-4-11(14)8-16-10-14;;/h3,5,7,9,11,16H,1-2,4,6,8,10H2,(H,17,18);2*1H/t11-,14+;;/m0../s1. The fraction of sp³-hybridized carbons (Fsp3) is 0.571. The molecule has 1 saturated carbocycles. The maximum atomic E-state index is 12.6. The Morgan fingerprint density at radius 1 is 1.40 bits per heavy atom. The average molecular weight is 318 g/mol. The molecule has 0 radical (unpaired) electrons. The molecule has 6 heteroatoms. The second-order valence-corrected chi connectivity index (χ2v) is 5.43. The van der Waals surface area contributed by atoms with Gasteiger partial charge in [-0.25, -0.2) is 0 Å². The highest BCUT2D eigenvalue weighted by atomic mass is 35.5. The number of nitrogens with one attached hydrogen (secondary N) is 2. The van der Waals surface area contributed by atoms with Crippen LogP contribution in [-0.2, 0) is 4.79 Å². The molecule has 4 nitrogen and oxygen atoms in total. The SMILES string of the molecule is Cl.Cl.O=C(Nc1cccnc1)[C@@]12CCCC[C@H]1CNC2. The third-order valence-corrected chi connectivity index (χ3v) is 4.41. The Labute approximate surface area is 131 Å². The van der Waals surface area contributed by atoms with E-state index in [1.165, 1.54) is 19.3 Å². The number of rotatable bonds is 2. The van der Waals surface area contributed by atoms with E-state index in [0.29, 0.717) is 5.92 Å². The number of carbonyl (C=O) groups is 1. The zero-order valence-electron chi connectivity index (χ0n) is 11.3. The Balaban J connectivity index is 0.000001000. The van der Waals surface area contributed by atoms with Gasteiger partial charge >= 0.3 is 0 Å². The van der Waals surface area contributed by atoms with Gasteiger partial charge in [-0.3, -0.25) is 9.78 Å². The molecule has 1 aliphatic carbocycles. The van der Waals surface area contributed by atoms with Gasteiger partial charge in [0.1, 0.15) is 0 Å². The Morgan fingerprint density at radius 3 is 3.00 bits per heavy atom. The number of hydrogen-bond donors (Lipinski definition) is 2. The van der Waals surface area contributed by atoms with Crippen molar-refractivity contribution in [1.29, 1.82) is 0 Å². The summed E-state index contributed by atoms with van der Waals surface area (Å²) in [6, 6.07) is 3.74. The number of aromatic nitrogens is 1. The van der Waals surface area contributed by atoms with E-state index < -0.39 is 0 Å². The molecule has 0 unspecified atom stereocenters. The molecule has 112 valence electrons. The minimum absolute atomic E-state index is 0. The van der Waals surface area contributed by atoms with Crippen LogP contribution in [0.15, 0.2) is 24.5 Å². The first-order valence-electron chi connectivity index (χ1n) is 6.73. The topological polar surface area (TPSA) is 54.0 Å². The average Bonchev–Trinajstić information content (AvgIpc) is 2.85. The van der Waals surface area contributed by atoms with Crippen LogP contribution in [0.4, 0.5) is 5.69 Å². The van der Waals surface area contributed by atoms with Crippen molar-refractivity contribution < 1.29 is 4.79 Å². The normalized spacial score (nSPS) is 27.7. The molecule has 1 amide bonds. The lowest BCUT2D eigenvalue weighted by atomic mass is 9.67. The lowest BCUT2D eigenvalue weighted by Gasteiger charge is -2.37. The molecule has 3 rings (SSSR count). The first-order chi connectivity index (χ1) is 8.81. The van der Waals surface area contributed by atoms with Crippen molar-refractivity contribution in [3.05, 3.63) is 24.5 Å². The van der Waals surface area contributed by atoms with Gasteiger partial charge in [0.2, 0.25) is 5.91 Å². The van der Waals surface area contributed by atoms with Crippen LogP contribution in [0.25, 0.3) is 0 Å². The van der Waals surface area contributed by atoms with E-state index in [0.717, 1.165) is 25.2 Å². The first kappa shape index (κ1) is 17.2. The van der Waals surface area contributed by atoms with Gasteiger partial charge in [0.25, 0.3) is 0 Å². The summed E-state index contributed by atoms with van der Waals surface area (Å²) < 4.78 is 0. The maximum Gasteiger partial charge on any atom is 0.232 e. The molecule has 1 saturated heterocycles. The molecule has 1 aliphatic heterocycles. The van der Waals surface area contributed by atoms with Gasteiger partial charge in [0.15, 0.2) is 0 Å². The molecule has 0 aromatic carbocycles. The molecule has 2 fully saturated rings.